The third-order valence-corrected chi connectivity index (χ3v) is 4.55. The number of piperazine rings is 1. The zero-order valence-electron chi connectivity index (χ0n) is 12.0. The van der Waals surface area contributed by atoms with E-state index in [0.717, 1.165) is 19.5 Å². The summed E-state index contributed by atoms with van der Waals surface area (Å²) < 4.78 is 0. The standard InChI is InChI=1S/C14H24N2O3/c1-9-6-11(12(7-9)14(18)19)13(17)16-5-4-15(3)8-10(16)2/h9-12H,4-8H2,1-3H3,(H,18,19). The van der Waals surface area contributed by atoms with Crippen LogP contribution in [0.5, 0.6) is 0 Å². The second kappa shape index (κ2) is 5.49. The van der Waals surface area contributed by atoms with E-state index in [0.29, 0.717) is 18.9 Å². The van der Waals surface area contributed by atoms with Crippen LogP contribution in [0.2, 0.25) is 0 Å². The number of hydrogen-bond acceptors (Lipinski definition) is 3. The van der Waals surface area contributed by atoms with Gasteiger partial charge in [-0.1, -0.05) is 6.92 Å². The SMILES string of the molecule is CC1CC(C(=O)O)C(C(=O)N2CCN(C)CC2C)C1. The van der Waals surface area contributed by atoms with Crippen molar-refractivity contribution in [3.63, 3.8) is 0 Å². The van der Waals surface area contributed by atoms with Crippen molar-refractivity contribution in [2.24, 2.45) is 17.8 Å². The molecule has 1 amide bonds. The molecule has 0 radical (unpaired) electrons. The first-order valence-electron chi connectivity index (χ1n) is 7.12. The van der Waals surface area contributed by atoms with Gasteiger partial charge in [-0.3, -0.25) is 9.59 Å². The van der Waals surface area contributed by atoms with Gasteiger partial charge < -0.3 is 14.9 Å². The predicted molar refractivity (Wildman–Crippen MR) is 71.7 cm³/mol. The molecular weight excluding hydrogens is 244 g/mol. The largest absolute Gasteiger partial charge is 0.481 e. The Kier molecular flexibility index (Phi) is 4.13. The third kappa shape index (κ3) is 2.91. The average Bonchev–Trinajstić information content (AvgIpc) is 2.70. The molecule has 4 unspecified atom stereocenters. The van der Waals surface area contributed by atoms with Gasteiger partial charge >= 0.3 is 5.97 Å². The van der Waals surface area contributed by atoms with Crippen LogP contribution in [-0.2, 0) is 9.59 Å². The van der Waals surface area contributed by atoms with E-state index in [1.165, 1.54) is 0 Å². The molecule has 1 N–H and O–H groups in total. The van der Waals surface area contributed by atoms with Crippen LogP contribution >= 0.6 is 0 Å². The highest BCUT2D eigenvalue weighted by Crippen LogP contribution is 2.38. The number of rotatable bonds is 2. The van der Waals surface area contributed by atoms with Crippen molar-refractivity contribution in [3.05, 3.63) is 0 Å². The number of likely N-dealkylation sites (N-methyl/N-ethyl adjacent to an activating group) is 1. The summed E-state index contributed by atoms with van der Waals surface area (Å²) in [5, 5.41) is 9.28. The summed E-state index contributed by atoms with van der Waals surface area (Å²) in [6, 6.07) is 0.177. The summed E-state index contributed by atoms with van der Waals surface area (Å²) >= 11 is 0. The van der Waals surface area contributed by atoms with Crippen molar-refractivity contribution in [3.8, 4) is 0 Å². The maximum atomic E-state index is 12.6. The fourth-order valence-corrected chi connectivity index (χ4v) is 3.52. The van der Waals surface area contributed by atoms with E-state index in [9.17, 15) is 14.7 Å². The molecule has 0 aromatic rings. The zero-order chi connectivity index (χ0) is 14.2. The van der Waals surface area contributed by atoms with Crippen LogP contribution in [0, 0.1) is 17.8 Å². The number of carboxylic acids is 1. The van der Waals surface area contributed by atoms with Crippen LogP contribution in [0.1, 0.15) is 26.7 Å². The average molecular weight is 268 g/mol. The molecular formula is C14H24N2O3. The van der Waals surface area contributed by atoms with Crippen molar-refractivity contribution in [1.82, 2.24) is 9.80 Å². The number of carbonyl (C=O) groups is 2. The van der Waals surface area contributed by atoms with Gasteiger partial charge in [-0.25, -0.2) is 0 Å². The molecule has 0 bridgehead atoms. The molecule has 4 atom stereocenters. The molecule has 1 heterocycles. The number of amides is 1. The highest BCUT2D eigenvalue weighted by molar-refractivity contribution is 5.85. The number of nitrogens with zero attached hydrogens (tertiary/aromatic N) is 2. The lowest BCUT2D eigenvalue weighted by Crippen LogP contribution is -2.54. The van der Waals surface area contributed by atoms with Crippen LogP contribution < -0.4 is 0 Å². The Morgan fingerprint density at radius 1 is 1.11 bits per heavy atom. The Morgan fingerprint density at radius 3 is 2.32 bits per heavy atom. The first-order valence-corrected chi connectivity index (χ1v) is 7.12. The monoisotopic (exact) mass is 268 g/mol. The molecule has 5 nitrogen and oxygen atoms in total. The Bertz CT molecular complexity index is 372. The van der Waals surface area contributed by atoms with Gasteiger partial charge in [0, 0.05) is 25.7 Å². The number of carbonyl (C=O) groups excluding carboxylic acids is 1. The Hall–Kier alpha value is -1.10. The molecule has 1 aliphatic carbocycles. The highest BCUT2D eigenvalue weighted by Gasteiger charge is 2.44. The maximum Gasteiger partial charge on any atom is 0.307 e. The quantitative estimate of drug-likeness (QED) is 0.808. The first-order chi connectivity index (χ1) is 8.90. The van der Waals surface area contributed by atoms with Crippen molar-refractivity contribution in [1.29, 1.82) is 0 Å². The number of aliphatic carboxylic acids is 1. The van der Waals surface area contributed by atoms with Gasteiger partial charge in [0.05, 0.1) is 11.8 Å². The van der Waals surface area contributed by atoms with E-state index < -0.39 is 11.9 Å². The maximum absolute atomic E-state index is 12.6. The smallest absolute Gasteiger partial charge is 0.307 e. The molecule has 19 heavy (non-hydrogen) atoms. The fourth-order valence-electron chi connectivity index (χ4n) is 3.52. The van der Waals surface area contributed by atoms with E-state index in [1.807, 2.05) is 18.7 Å². The summed E-state index contributed by atoms with van der Waals surface area (Å²) in [4.78, 5) is 28.0. The first kappa shape index (κ1) is 14.3. The molecule has 0 spiro atoms. The molecule has 1 saturated heterocycles. The van der Waals surface area contributed by atoms with Gasteiger partial charge in [0.1, 0.15) is 0 Å². The summed E-state index contributed by atoms with van der Waals surface area (Å²) in [5.41, 5.74) is 0. The minimum absolute atomic E-state index is 0.0531. The van der Waals surface area contributed by atoms with Crippen LogP contribution in [0.4, 0.5) is 0 Å². The topological polar surface area (TPSA) is 60.9 Å². The Morgan fingerprint density at radius 2 is 1.74 bits per heavy atom. The van der Waals surface area contributed by atoms with Crippen molar-refractivity contribution >= 4 is 11.9 Å². The number of hydrogen-bond donors (Lipinski definition) is 1. The molecule has 108 valence electrons. The van der Waals surface area contributed by atoms with E-state index >= 15 is 0 Å². The Balaban J connectivity index is 2.08. The van der Waals surface area contributed by atoms with E-state index in [4.69, 9.17) is 0 Å². The number of carboxylic acid groups (broad SMARTS) is 1. The molecule has 1 aliphatic heterocycles. The molecule has 5 heteroatoms. The van der Waals surface area contributed by atoms with Crippen LogP contribution in [-0.4, -0.2) is 59.5 Å². The fraction of sp³-hybridized carbons (Fsp3) is 0.857. The highest BCUT2D eigenvalue weighted by atomic mass is 16.4. The lowest BCUT2D eigenvalue weighted by molar-refractivity contribution is -0.151. The van der Waals surface area contributed by atoms with Crippen molar-refractivity contribution < 1.29 is 14.7 Å². The van der Waals surface area contributed by atoms with E-state index in [-0.39, 0.29) is 17.9 Å². The summed E-state index contributed by atoms with van der Waals surface area (Å²) in [6.07, 6.45) is 1.35. The molecule has 0 aromatic heterocycles. The van der Waals surface area contributed by atoms with Crippen LogP contribution in [0.15, 0.2) is 0 Å². The molecule has 1 saturated carbocycles. The second-order valence-corrected chi connectivity index (χ2v) is 6.27. The van der Waals surface area contributed by atoms with Gasteiger partial charge in [0.25, 0.3) is 0 Å². The summed E-state index contributed by atoms with van der Waals surface area (Å²) in [7, 11) is 2.05. The lowest BCUT2D eigenvalue weighted by atomic mass is 9.94. The zero-order valence-corrected chi connectivity index (χ0v) is 12.0. The van der Waals surface area contributed by atoms with E-state index in [2.05, 4.69) is 11.9 Å². The second-order valence-electron chi connectivity index (χ2n) is 6.27. The minimum atomic E-state index is -0.815. The van der Waals surface area contributed by atoms with Gasteiger partial charge in [0.15, 0.2) is 0 Å². The van der Waals surface area contributed by atoms with Crippen molar-refractivity contribution in [2.75, 3.05) is 26.7 Å². The summed E-state index contributed by atoms with van der Waals surface area (Å²) in [5.74, 6) is -1.24. The van der Waals surface area contributed by atoms with Gasteiger partial charge in [-0.15, -0.1) is 0 Å². The van der Waals surface area contributed by atoms with Gasteiger partial charge in [0.2, 0.25) is 5.91 Å². The van der Waals surface area contributed by atoms with Crippen molar-refractivity contribution in [2.45, 2.75) is 32.7 Å². The molecule has 2 rings (SSSR count). The van der Waals surface area contributed by atoms with E-state index in [1.54, 1.807) is 0 Å². The Labute approximate surface area is 114 Å². The lowest BCUT2D eigenvalue weighted by Gasteiger charge is -2.40. The molecule has 2 fully saturated rings. The van der Waals surface area contributed by atoms with Crippen LogP contribution in [0.3, 0.4) is 0 Å². The molecule has 0 aromatic carbocycles. The van der Waals surface area contributed by atoms with Gasteiger partial charge in [-0.2, -0.15) is 0 Å². The predicted octanol–water partition coefficient (Wildman–Crippen LogP) is 0.896. The van der Waals surface area contributed by atoms with Crippen LogP contribution in [0.25, 0.3) is 0 Å². The normalized spacial score (nSPS) is 36.5. The minimum Gasteiger partial charge on any atom is -0.481 e. The summed E-state index contributed by atoms with van der Waals surface area (Å²) in [6.45, 7) is 6.54. The third-order valence-electron chi connectivity index (χ3n) is 4.55. The van der Waals surface area contributed by atoms with Gasteiger partial charge in [-0.05, 0) is 32.7 Å². The molecule has 2 aliphatic rings.